The van der Waals surface area contributed by atoms with Crippen molar-refractivity contribution in [3.05, 3.63) is 29.8 Å². The summed E-state index contributed by atoms with van der Waals surface area (Å²) >= 11 is 0. The monoisotopic (exact) mass is 309 g/mol. The average Bonchev–Trinajstić information content (AvgIpc) is 2.49. The van der Waals surface area contributed by atoms with Gasteiger partial charge in [0, 0.05) is 12.1 Å². The van der Waals surface area contributed by atoms with E-state index >= 15 is 0 Å². The fourth-order valence-electron chi connectivity index (χ4n) is 1.44. The maximum atomic E-state index is 12.0. The number of hydrogen-bond donors (Lipinski definition) is 3. The van der Waals surface area contributed by atoms with Crippen LogP contribution >= 0.6 is 0 Å². The first-order valence-corrected chi connectivity index (χ1v) is 8.03. The molecule has 0 unspecified atom stereocenters. The molecule has 1 rings (SSSR count). The fraction of sp³-hybridized carbons (Fsp3) is 0.357. The van der Waals surface area contributed by atoms with Crippen LogP contribution in [0.5, 0.6) is 0 Å². The van der Waals surface area contributed by atoms with Crippen molar-refractivity contribution in [2.75, 3.05) is 19.6 Å². The van der Waals surface area contributed by atoms with Gasteiger partial charge in [-0.1, -0.05) is 18.8 Å². The summed E-state index contributed by atoms with van der Waals surface area (Å²) in [6.07, 6.45) is 0.795. The molecule has 0 saturated heterocycles. The van der Waals surface area contributed by atoms with E-state index in [1.54, 1.807) is 12.1 Å². The average molecular weight is 309 g/mol. The molecule has 1 aromatic carbocycles. The minimum absolute atomic E-state index is 0.0871. The van der Waals surface area contributed by atoms with Crippen LogP contribution in [-0.2, 0) is 14.8 Å². The summed E-state index contributed by atoms with van der Waals surface area (Å²) in [5, 5.41) is 2.59. The molecular weight excluding hydrogens is 290 g/mol. The number of rotatable bonds is 6. The van der Waals surface area contributed by atoms with Gasteiger partial charge < -0.3 is 11.1 Å². The van der Waals surface area contributed by atoms with Crippen molar-refractivity contribution < 1.29 is 13.2 Å². The predicted octanol–water partition coefficient (Wildman–Crippen LogP) is -0.199. The highest BCUT2D eigenvalue weighted by molar-refractivity contribution is 7.89. The van der Waals surface area contributed by atoms with E-state index in [0.717, 1.165) is 6.42 Å². The molecule has 0 aliphatic rings. The lowest BCUT2D eigenvalue weighted by molar-refractivity contribution is -0.119. The zero-order valence-corrected chi connectivity index (χ0v) is 12.7. The summed E-state index contributed by atoms with van der Waals surface area (Å²) < 4.78 is 26.2. The van der Waals surface area contributed by atoms with E-state index < -0.39 is 10.0 Å². The highest BCUT2D eigenvalue weighted by atomic mass is 32.2. The second-order valence-corrected chi connectivity index (χ2v) is 5.97. The smallest absolute Gasteiger partial charge is 0.241 e. The summed E-state index contributed by atoms with van der Waals surface area (Å²) in [5.41, 5.74) is 5.94. The number of sulfonamides is 1. The van der Waals surface area contributed by atoms with Crippen molar-refractivity contribution in [3.8, 4) is 11.8 Å². The molecule has 1 amide bonds. The molecule has 0 fully saturated rings. The molecule has 0 aliphatic heterocycles. The van der Waals surface area contributed by atoms with Crippen LogP contribution in [0.1, 0.15) is 18.9 Å². The van der Waals surface area contributed by atoms with Crippen molar-refractivity contribution in [2.45, 2.75) is 18.2 Å². The van der Waals surface area contributed by atoms with Gasteiger partial charge in [-0.3, -0.25) is 4.79 Å². The number of amides is 1. The lowest BCUT2D eigenvalue weighted by Gasteiger charge is -2.07. The zero-order chi connectivity index (χ0) is 15.7. The lowest BCUT2D eigenvalue weighted by Crippen LogP contribution is -2.37. The SMILES string of the molecule is CCCNC(=O)CNS(=O)(=O)c1ccc(C#CCN)cc1. The highest BCUT2D eigenvalue weighted by Gasteiger charge is 2.14. The zero-order valence-electron chi connectivity index (χ0n) is 11.8. The van der Waals surface area contributed by atoms with Crippen molar-refractivity contribution in [2.24, 2.45) is 5.73 Å². The molecule has 0 heterocycles. The van der Waals surface area contributed by atoms with E-state index in [2.05, 4.69) is 21.9 Å². The minimum Gasteiger partial charge on any atom is -0.355 e. The molecule has 0 aliphatic carbocycles. The Morgan fingerprint density at radius 2 is 1.95 bits per heavy atom. The largest absolute Gasteiger partial charge is 0.355 e. The Kier molecular flexibility index (Phi) is 6.88. The van der Waals surface area contributed by atoms with Crippen molar-refractivity contribution in [1.82, 2.24) is 10.0 Å². The van der Waals surface area contributed by atoms with Crippen LogP contribution in [-0.4, -0.2) is 34.0 Å². The Bertz CT molecular complexity index is 628. The Balaban J connectivity index is 2.68. The molecule has 0 atom stereocenters. The summed E-state index contributed by atoms with van der Waals surface area (Å²) in [5.74, 6) is 5.13. The Morgan fingerprint density at radius 3 is 2.52 bits per heavy atom. The Hall–Kier alpha value is -1.88. The summed E-state index contributed by atoms with van der Waals surface area (Å²) in [4.78, 5) is 11.5. The molecule has 7 heteroatoms. The van der Waals surface area contributed by atoms with Gasteiger partial charge >= 0.3 is 0 Å². The summed E-state index contributed by atoms with van der Waals surface area (Å²) in [7, 11) is -3.70. The standard InChI is InChI=1S/C14H19N3O3S/c1-2-10-16-14(18)11-17-21(19,20)13-7-5-12(6-8-13)4-3-9-15/h5-8,17H,2,9-11,15H2,1H3,(H,16,18). The summed E-state index contributed by atoms with van der Waals surface area (Å²) in [6.45, 7) is 2.40. The lowest BCUT2D eigenvalue weighted by atomic mass is 10.2. The normalized spacial score (nSPS) is 10.6. The Labute approximate surface area is 125 Å². The number of nitrogens with two attached hydrogens (primary N) is 1. The quantitative estimate of drug-likeness (QED) is 0.633. The molecular formula is C14H19N3O3S. The van der Waals surface area contributed by atoms with Gasteiger partial charge in [-0.25, -0.2) is 13.1 Å². The van der Waals surface area contributed by atoms with Crippen molar-refractivity contribution in [3.63, 3.8) is 0 Å². The first-order valence-electron chi connectivity index (χ1n) is 6.55. The van der Waals surface area contributed by atoms with E-state index in [1.807, 2.05) is 6.92 Å². The van der Waals surface area contributed by atoms with Gasteiger partial charge in [0.05, 0.1) is 18.0 Å². The second-order valence-electron chi connectivity index (χ2n) is 4.20. The van der Waals surface area contributed by atoms with E-state index in [4.69, 9.17) is 5.73 Å². The van der Waals surface area contributed by atoms with Gasteiger partial charge in [0.1, 0.15) is 0 Å². The van der Waals surface area contributed by atoms with Gasteiger partial charge in [-0.15, -0.1) is 0 Å². The Morgan fingerprint density at radius 1 is 1.29 bits per heavy atom. The van der Waals surface area contributed by atoms with Crippen LogP contribution in [0.25, 0.3) is 0 Å². The second kappa shape index (κ2) is 8.42. The van der Waals surface area contributed by atoms with Crippen LogP contribution in [0.3, 0.4) is 0 Å². The first kappa shape index (κ1) is 17.2. The first-order chi connectivity index (χ1) is 9.99. The van der Waals surface area contributed by atoms with E-state index in [0.29, 0.717) is 12.1 Å². The maximum absolute atomic E-state index is 12.0. The topological polar surface area (TPSA) is 101 Å². The number of benzene rings is 1. The molecule has 21 heavy (non-hydrogen) atoms. The van der Waals surface area contributed by atoms with Gasteiger partial charge in [0.15, 0.2) is 0 Å². The molecule has 0 aromatic heterocycles. The predicted molar refractivity (Wildman–Crippen MR) is 80.9 cm³/mol. The molecule has 6 nitrogen and oxygen atoms in total. The fourth-order valence-corrected chi connectivity index (χ4v) is 2.42. The molecule has 0 bridgehead atoms. The van der Waals surface area contributed by atoms with Crippen LogP contribution in [0.15, 0.2) is 29.2 Å². The molecule has 1 aromatic rings. The van der Waals surface area contributed by atoms with Gasteiger partial charge in [0.2, 0.25) is 15.9 Å². The van der Waals surface area contributed by atoms with E-state index in [-0.39, 0.29) is 23.9 Å². The molecule has 114 valence electrons. The minimum atomic E-state index is -3.70. The third-order valence-corrected chi connectivity index (χ3v) is 3.91. The van der Waals surface area contributed by atoms with Crippen LogP contribution in [0, 0.1) is 11.8 Å². The van der Waals surface area contributed by atoms with Gasteiger partial charge in [-0.05, 0) is 30.7 Å². The molecule has 4 N–H and O–H groups in total. The van der Waals surface area contributed by atoms with Crippen LogP contribution in [0.4, 0.5) is 0 Å². The highest BCUT2D eigenvalue weighted by Crippen LogP contribution is 2.09. The third-order valence-electron chi connectivity index (χ3n) is 2.49. The van der Waals surface area contributed by atoms with Crippen molar-refractivity contribution >= 4 is 15.9 Å². The number of nitrogens with one attached hydrogen (secondary N) is 2. The third kappa shape index (κ3) is 5.95. The number of carbonyl (C=O) groups excluding carboxylic acids is 1. The molecule has 0 spiro atoms. The molecule has 0 radical (unpaired) electrons. The number of carbonyl (C=O) groups is 1. The van der Waals surface area contributed by atoms with Gasteiger partial charge in [-0.2, -0.15) is 0 Å². The van der Waals surface area contributed by atoms with Crippen LogP contribution < -0.4 is 15.8 Å². The van der Waals surface area contributed by atoms with Crippen LogP contribution in [0.2, 0.25) is 0 Å². The number of hydrogen-bond acceptors (Lipinski definition) is 4. The van der Waals surface area contributed by atoms with Gasteiger partial charge in [0.25, 0.3) is 0 Å². The van der Waals surface area contributed by atoms with Crippen molar-refractivity contribution in [1.29, 1.82) is 0 Å². The molecule has 0 saturated carbocycles. The summed E-state index contributed by atoms with van der Waals surface area (Å²) in [6, 6.07) is 6.06. The maximum Gasteiger partial charge on any atom is 0.241 e. The van der Waals surface area contributed by atoms with E-state index in [9.17, 15) is 13.2 Å². The van der Waals surface area contributed by atoms with E-state index in [1.165, 1.54) is 12.1 Å².